The number of aromatic nitrogens is 1. The molecule has 1 aromatic rings. The minimum Gasteiger partial charge on any atom is -0.394 e. The number of amides is 1. The Morgan fingerprint density at radius 3 is 2.31 bits per heavy atom. The van der Waals surface area contributed by atoms with Crippen LogP contribution in [0.3, 0.4) is 0 Å². The van der Waals surface area contributed by atoms with Gasteiger partial charge in [-0.3, -0.25) is 4.79 Å². The highest BCUT2D eigenvalue weighted by atomic mass is 79.9. The van der Waals surface area contributed by atoms with Crippen LogP contribution in [-0.4, -0.2) is 51.6 Å². The molecule has 6 nitrogen and oxygen atoms in total. The van der Waals surface area contributed by atoms with Gasteiger partial charge in [-0.15, -0.1) is 0 Å². The maximum Gasteiger partial charge on any atom is 0.268 e. The molecule has 0 aliphatic heterocycles. The Morgan fingerprint density at radius 2 is 1.94 bits per heavy atom. The normalized spacial score (nSPS) is 11.5. The van der Waals surface area contributed by atoms with Crippen LogP contribution in [0.15, 0.2) is 16.7 Å². The summed E-state index contributed by atoms with van der Waals surface area (Å²) in [4.78, 5) is 14.4. The zero-order valence-corrected chi connectivity index (χ0v) is 9.99. The summed E-state index contributed by atoms with van der Waals surface area (Å²) in [5.41, 5.74) is -1.14. The number of carbonyl (C=O) groups excluding carboxylic acids is 1. The van der Waals surface area contributed by atoms with Gasteiger partial charge in [-0.05, 0) is 22.0 Å². The monoisotopic (exact) mass is 292 g/mol. The fraction of sp³-hybridized carbons (Fsp3) is 0.444. The molecule has 90 valence electrons. The van der Waals surface area contributed by atoms with E-state index in [9.17, 15) is 4.79 Å². The van der Waals surface area contributed by atoms with E-state index in [-0.39, 0.29) is 5.69 Å². The Balaban J connectivity index is 2.76. The molecule has 7 heteroatoms. The van der Waals surface area contributed by atoms with E-state index in [1.807, 2.05) is 0 Å². The van der Waals surface area contributed by atoms with Gasteiger partial charge in [0.15, 0.2) is 0 Å². The standard InChI is InChI=1S/C9H13BrN2O4/c10-6-1-7(11-2-6)8(16)12-9(3-13,4-14)5-15/h1-2,11,13-15H,3-5H2,(H,12,16). The van der Waals surface area contributed by atoms with Crippen LogP contribution >= 0.6 is 15.9 Å². The van der Waals surface area contributed by atoms with Gasteiger partial charge in [0.2, 0.25) is 0 Å². The first kappa shape index (κ1) is 13.2. The molecule has 0 aromatic carbocycles. The molecule has 0 aliphatic carbocycles. The molecule has 1 heterocycles. The summed E-state index contributed by atoms with van der Waals surface area (Å²) in [6.45, 7) is -1.64. The number of aromatic amines is 1. The van der Waals surface area contributed by atoms with Gasteiger partial charge in [0, 0.05) is 10.7 Å². The SMILES string of the molecule is O=C(NC(CO)(CO)CO)c1cc(Br)c[nH]1. The predicted octanol–water partition coefficient (Wildman–Crippen LogP) is -0.777. The Bertz CT molecular complexity index is 354. The first-order chi connectivity index (χ1) is 7.56. The Morgan fingerprint density at radius 1 is 1.38 bits per heavy atom. The lowest BCUT2D eigenvalue weighted by Crippen LogP contribution is -2.57. The minimum atomic E-state index is -1.41. The van der Waals surface area contributed by atoms with Crippen LogP contribution < -0.4 is 5.32 Å². The van der Waals surface area contributed by atoms with Gasteiger partial charge in [0.25, 0.3) is 5.91 Å². The molecule has 0 spiro atoms. The number of hydrogen-bond acceptors (Lipinski definition) is 4. The molecule has 0 unspecified atom stereocenters. The number of aliphatic hydroxyl groups excluding tert-OH is 3. The van der Waals surface area contributed by atoms with Gasteiger partial charge in [-0.2, -0.15) is 0 Å². The predicted molar refractivity (Wildman–Crippen MR) is 59.9 cm³/mol. The van der Waals surface area contributed by atoms with E-state index in [0.29, 0.717) is 4.47 Å². The number of hydrogen-bond donors (Lipinski definition) is 5. The van der Waals surface area contributed by atoms with Crippen LogP contribution in [0.2, 0.25) is 0 Å². The largest absolute Gasteiger partial charge is 0.394 e. The Labute approximate surface area is 100 Å². The third-order valence-electron chi connectivity index (χ3n) is 2.18. The number of H-pyrrole nitrogens is 1. The molecule has 16 heavy (non-hydrogen) atoms. The first-order valence-electron chi connectivity index (χ1n) is 4.56. The van der Waals surface area contributed by atoms with E-state index in [0.717, 1.165) is 0 Å². The minimum absolute atomic E-state index is 0.270. The third kappa shape index (κ3) is 2.82. The summed E-state index contributed by atoms with van der Waals surface area (Å²) >= 11 is 3.17. The van der Waals surface area contributed by atoms with Gasteiger partial charge < -0.3 is 25.6 Å². The van der Waals surface area contributed by atoms with Crippen molar-refractivity contribution < 1.29 is 20.1 Å². The van der Waals surface area contributed by atoms with Crippen LogP contribution in [0.4, 0.5) is 0 Å². The highest BCUT2D eigenvalue weighted by molar-refractivity contribution is 9.10. The Hall–Kier alpha value is -0.890. The van der Waals surface area contributed by atoms with Crippen LogP contribution in [0.25, 0.3) is 0 Å². The summed E-state index contributed by atoms with van der Waals surface area (Å²) in [6, 6.07) is 1.55. The topological polar surface area (TPSA) is 106 Å². The molecule has 5 N–H and O–H groups in total. The van der Waals surface area contributed by atoms with Crippen LogP contribution in [0.5, 0.6) is 0 Å². The molecule has 0 fully saturated rings. The summed E-state index contributed by atoms with van der Waals surface area (Å²) in [5.74, 6) is -0.511. The molecule has 0 bridgehead atoms. The molecule has 0 aliphatic rings. The summed E-state index contributed by atoms with van der Waals surface area (Å²) in [5, 5.41) is 29.4. The zero-order valence-electron chi connectivity index (χ0n) is 8.40. The maximum atomic E-state index is 11.7. The molecule has 1 amide bonds. The van der Waals surface area contributed by atoms with Crippen LogP contribution in [0, 0.1) is 0 Å². The van der Waals surface area contributed by atoms with Crippen molar-refractivity contribution in [2.24, 2.45) is 0 Å². The summed E-state index contributed by atoms with van der Waals surface area (Å²) in [7, 11) is 0. The molecular formula is C9H13BrN2O4. The third-order valence-corrected chi connectivity index (χ3v) is 2.64. The van der Waals surface area contributed by atoms with Gasteiger partial charge in [0.1, 0.15) is 11.2 Å². The second-order valence-electron chi connectivity index (χ2n) is 3.44. The van der Waals surface area contributed by atoms with Crippen molar-refractivity contribution in [2.45, 2.75) is 5.54 Å². The molecule has 1 aromatic heterocycles. The highest BCUT2D eigenvalue weighted by Crippen LogP contribution is 2.11. The number of aliphatic hydroxyl groups is 3. The number of halogens is 1. The summed E-state index contributed by atoms with van der Waals surface area (Å²) < 4.78 is 0.709. The molecule has 0 radical (unpaired) electrons. The van der Waals surface area contributed by atoms with E-state index < -0.39 is 31.3 Å². The second-order valence-corrected chi connectivity index (χ2v) is 4.36. The zero-order chi connectivity index (χ0) is 12.2. The molecule has 0 atom stereocenters. The van der Waals surface area contributed by atoms with E-state index in [4.69, 9.17) is 15.3 Å². The van der Waals surface area contributed by atoms with E-state index in [1.165, 1.54) is 0 Å². The lowest BCUT2D eigenvalue weighted by molar-refractivity contribution is 0.0373. The molecule has 0 saturated heterocycles. The smallest absolute Gasteiger partial charge is 0.268 e. The molecule has 0 saturated carbocycles. The van der Waals surface area contributed by atoms with Crippen molar-refractivity contribution in [2.75, 3.05) is 19.8 Å². The summed E-state index contributed by atoms with van der Waals surface area (Å²) in [6.07, 6.45) is 1.58. The van der Waals surface area contributed by atoms with Gasteiger partial charge >= 0.3 is 0 Å². The van der Waals surface area contributed by atoms with Crippen molar-refractivity contribution in [1.82, 2.24) is 10.3 Å². The highest BCUT2D eigenvalue weighted by Gasteiger charge is 2.30. The first-order valence-corrected chi connectivity index (χ1v) is 5.35. The van der Waals surface area contributed by atoms with Crippen molar-refractivity contribution in [3.63, 3.8) is 0 Å². The fourth-order valence-electron chi connectivity index (χ4n) is 1.08. The van der Waals surface area contributed by atoms with E-state index >= 15 is 0 Å². The van der Waals surface area contributed by atoms with Crippen molar-refractivity contribution in [3.05, 3.63) is 22.4 Å². The van der Waals surface area contributed by atoms with Gasteiger partial charge in [-0.1, -0.05) is 0 Å². The lowest BCUT2D eigenvalue weighted by Gasteiger charge is -2.28. The Kier molecular flexibility index (Phi) is 4.48. The second kappa shape index (κ2) is 5.44. The van der Waals surface area contributed by atoms with E-state index in [1.54, 1.807) is 12.3 Å². The number of carbonyl (C=O) groups is 1. The quantitative estimate of drug-likeness (QED) is 0.491. The maximum absolute atomic E-state index is 11.7. The molecule has 1 rings (SSSR count). The lowest BCUT2D eigenvalue weighted by atomic mass is 10.0. The number of rotatable bonds is 5. The van der Waals surface area contributed by atoms with Gasteiger partial charge in [-0.25, -0.2) is 0 Å². The van der Waals surface area contributed by atoms with Crippen molar-refractivity contribution in [3.8, 4) is 0 Å². The van der Waals surface area contributed by atoms with Crippen LogP contribution in [0.1, 0.15) is 10.5 Å². The van der Waals surface area contributed by atoms with Gasteiger partial charge in [0.05, 0.1) is 19.8 Å². The average Bonchev–Trinajstić information content (AvgIpc) is 2.73. The number of nitrogens with one attached hydrogen (secondary N) is 2. The van der Waals surface area contributed by atoms with E-state index in [2.05, 4.69) is 26.2 Å². The van der Waals surface area contributed by atoms with Crippen molar-refractivity contribution in [1.29, 1.82) is 0 Å². The van der Waals surface area contributed by atoms with Crippen LogP contribution in [-0.2, 0) is 0 Å². The molecular weight excluding hydrogens is 280 g/mol. The fourth-order valence-corrected chi connectivity index (χ4v) is 1.42. The average molecular weight is 293 g/mol. The van der Waals surface area contributed by atoms with Crippen molar-refractivity contribution >= 4 is 21.8 Å².